The third kappa shape index (κ3) is 4.61. The number of nitrogens with zero attached hydrogens (tertiary/aromatic N) is 1. The maximum atomic E-state index is 12.6. The molecular weight excluding hydrogens is 348 g/mol. The van der Waals surface area contributed by atoms with Gasteiger partial charge in [0.1, 0.15) is 0 Å². The van der Waals surface area contributed by atoms with Gasteiger partial charge in [0.25, 0.3) is 10.0 Å². The van der Waals surface area contributed by atoms with Crippen LogP contribution in [0.4, 0.5) is 17.1 Å². The molecule has 0 radical (unpaired) electrons. The van der Waals surface area contributed by atoms with Crippen molar-refractivity contribution in [1.82, 2.24) is 0 Å². The second-order valence-corrected chi connectivity index (χ2v) is 7.07. The Morgan fingerprint density at radius 3 is 1.65 bits per heavy atom. The first-order valence-electron chi connectivity index (χ1n) is 7.88. The Morgan fingerprint density at radius 1 is 0.731 bits per heavy atom. The van der Waals surface area contributed by atoms with E-state index in [1.165, 1.54) is 24.3 Å². The highest BCUT2D eigenvalue weighted by Crippen LogP contribution is 2.16. The maximum Gasteiger partial charge on any atom is 0.285 e. The zero-order valence-electron chi connectivity index (χ0n) is 13.8. The van der Waals surface area contributed by atoms with Gasteiger partial charge in [-0.2, -0.15) is 8.42 Å². The van der Waals surface area contributed by atoms with Crippen molar-refractivity contribution in [1.29, 1.82) is 0 Å². The molecule has 0 aromatic heterocycles. The van der Waals surface area contributed by atoms with Gasteiger partial charge in [0.05, 0.1) is 4.90 Å². The molecule has 6 nitrogen and oxygen atoms in total. The third-order valence-electron chi connectivity index (χ3n) is 3.46. The number of nitrogens with two attached hydrogens (primary N) is 1. The summed E-state index contributed by atoms with van der Waals surface area (Å²) in [4.78, 5) is 0.0638. The minimum absolute atomic E-state index is 0.0638. The Labute approximate surface area is 152 Å². The van der Waals surface area contributed by atoms with Crippen LogP contribution in [-0.4, -0.2) is 14.4 Å². The largest absolute Gasteiger partial charge is 0.399 e. The standard InChI is InChI=1S/C19H18N4O2S/c20-15-11-13-18(14-12-15)26(24,25)23-19(21-16-7-3-1-4-8-16)22-17-9-5-2-6-10-17/h1-14H,20H2,(H2,21,22,23). The lowest BCUT2D eigenvalue weighted by atomic mass is 10.3. The highest BCUT2D eigenvalue weighted by Gasteiger charge is 2.15. The molecule has 4 N–H and O–H groups in total. The highest BCUT2D eigenvalue weighted by molar-refractivity contribution is 7.90. The van der Waals surface area contributed by atoms with E-state index in [1.807, 2.05) is 60.7 Å². The number of hydrogen-bond donors (Lipinski definition) is 3. The summed E-state index contributed by atoms with van der Waals surface area (Å²) in [6.45, 7) is 0. The molecule has 0 saturated carbocycles. The minimum Gasteiger partial charge on any atom is -0.399 e. The van der Waals surface area contributed by atoms with E-state index in [1.54, 1.807) is 0 Å². The molecule has 0 heterocycles. The lowest BCUT2D eigenvalue weighted by molar-refractivity contribution is 0.598. The zero-order chi connectivity index (χ0) is 18.4. The van der Waals surface area contributed by atoms with E-state index in [0.29, 0.717) is 17.1 Å². The predicted octanol–water partition coefficient (Wildman–Crippen LogP) is 3.54. The molecule has 26 heavy (non-hydrogen) atoms. The van der Waals surface area contributed by atoms with Crippen molar-refractivity contribution in [2.45, 2.75) is 4.90 Å². The third-order valence-corrected chi connectivity index (χ3v) is 4.75. The Hall–Kier alpha value is -3.32. The van der Waals surface area contributed by atoms with E-state index in [4.69, 9.17) is 5.73 Å². The predicted molar refractivity (Wildman–Crippen MR) is 106 cm³/mol. The van der Waals surface area contributed by atoms with Crippen LogP contribution in [0.15, 0.2) is 94.2 Å². The Morgan fingerprint density at radius 2 is 1.19 bits per heavy atom. The first-order valence-corrected chi connectivity index (χ1v) is 9.32. The van der Waals surface area contributed by atoms with Crippen molar-refractivity contribution in [2.75, 3.05) is 16.4 Å². The number of rotatable bonds is 4. The van der Waals surface area contributed by atoms with Crippen LogP contribution in [0, 0.1) is 0 Å². The van der Waals surface area contributed by atoms with Gasteiger partial charge in [-0.25, -0.2) is 0 Å². The number of anilines is 3. The molecule has 7 heteroatoms. The van der Waals surface area contributed by atoms with E-state index >= 15 is 0 Å². The molecule has 3 aromatic carbocycles. The molecule has 0 aliphatic carbocycles. The fourth-order valence-corrected chi connectivity index (χ4v) is 3.12. The van der Waals surface area contributed by atoms with Crippen LogP contribution in [0.25, 0.3) is 0 Å². The normalized spacial score (nSPS) is 10.8. The van der Waals surface area contributed by atoms with Crippen LogP contribution in [0.5, 0.6) is 0 Å². The van der Waals surface area contributed by atoms with Crippen LogP contribution >= 0.6 is 0 Å². The van der Waals surface area contributed by atoms with Gasteiger partial charge in [-0.15, -0.1) is 4.40 Å². The quantitative estimate of drug-likeness (QED) is 0.373. The van der Waals surface area contributed by atoms with Crippen LogP contribution in [0.3, 0.4) is 0 Å². The molecule has 0 amide bonds. The number of para-hydroxylation sites is 2. The summed E-state index contributed by atoms with van der Waals surface area (Å²) >= 11 is 0. The topological polar surface area (TPSA) is 96.6 Å². The van der Waals surface area contributed by atoms with Gasteiger partial charge in [-0.05, 0) is 48.5 Å². The van der Waals surface area contributed by atoms with Gasteiger partial charge in [0.2, 0.25) is 5.96 Å². The van der Waals surface area contributed by atoms with Gasteiger partial charge in [-0.1, -0.05) is 36.4 Å². The van der Waals surface area contributed by atoms with Crippen molar-refractivity contribution >= 4 is 33.0 Å². The smallest absolute Gasteiger partial charge is 0.285 e. The summed E-state index contributed by atoms with van der Waals surface area (Å²) in [5.74, 6) is 0.0965. The van der Waals surface area contributed by atoms with E-state index in [9.17, 15) is 8.42 Å². The summed E-state index contributed by atoms with van der Waals surface area (Å²) in [5.41, 5.74) is 7.53. The average molecular weight is 366 g/mol. The van der Waals surface area contributed by atoms with Gasteiger partial charge in [0, 0.05) is 17.1 Å². The van der Waals surface area contributed by atoms with E-state index in [0.717, 1.165) is 0 Å². The Kier molecular flexibility index (Phi) is 5.19. The minimum atomic E-state index is -3.91. The molecule has 3 rings (SSSR count). The molecule has 0 bridgehead atoms. The fraction of sp³-hybridized carbons (Fsp3) is 0. The SMILES string of the molecule is Nc1ccc(S(=O)(=O)N=C(Nc2ccccc2)Nc2ccccc2)cc1. The number of benzene rings is 3. The van der Waals surface area contributed by atoms with E-state index in [2.05, 4.69) is 15.0 Å². The molecule has 0 saturated heterocycles. The summed E-state index contributed by atoms with van der Waals surface area (Å²) in [6.07, 6.45) is 0. The van der Waals surface area contributed by atoms with Gasteiger partial charge < -0.3 is 16.4 Å². The number of nitrogens with one attached hydrogen (secondary N) is 2. The van der Waals surface area contributed by atoms with Crippen LogP contribution in [-0.2, 0) is 10.0 Å². The fourth-order valence-electron chi connectivity index (χ4n) is 2.21. The molecule has 0 aliphatic rings. The average Bonchev–Trinajstić information content (AvgIpc) is 2.63. The Bertz CT molecular complexity index is 943. The van der Waals surface area contributed by atoms with Gasteiger partial charge in [-0.3, -0.25) is 0 Å². The second kappa shape index (κ2) is 7.71. The molecule has 0 spiro atoms. The monoisotopic (exact) mass is 366 g/mol. The summed E-state index contributed by atoms with van der Waals surface area (Å²) < 4.78 is 29.2. The summed E-state index contributed by atoms with van der Waals surface area (Å²) in [7, 11) is -3.91. The van der Waals surface area contributed by atoms with Crippen molar-refractivity contribution in [3.63, 3.8) is 0 Å². The van der Waals surface area contributed by atoms with Crippen molar-refractivity contribution in [3.8, 4) is 0 Å². The van der Waals surface area contributed by atoms with Crippen LogP contribution in [0.1, 0.15) is 0 Å². The van der Waals surface area contributed by atoms with Crippen molar-refractivity contribution in [2.24, 2.45) is 4.40 Å². The van der Waals surface area contributed by atoms with Crippen LogP contribution in [0.2, 0.25) is 0 Å². The maximum absolute atomic E-state index is 12.6. The first kappa shape index (κ1) is 17.5. The second-order valence-electron chi connectivity index (χ2n) is 5.47. The summed E-state index contributed by atoms with van der Waals surface area (Å²) in [6, 6.07) is 24.3. The molecular formula is C19H18N4O2S. The lowest BCUT2D eigenvalue weighted by Gasteiger charge is -2.12. The van der Waals surface area contributed by atoms with Crippen molar-refractivity contribution in [3.05, 3.63) is 84.9 Å². The number of guanidine groups is 1. The molecule has 0 atom stereocenters. The molecule has 3 aromatic rings. The number of nitrogen functional groups attached to an aromatic ring is 1. The number of hydrogen-bond acceptors (Lipinski definition) is 3. The zero-order valence-corrected chi connectivity index (χ0v) is 14.6. The molecule has 132 valence electrons. The van der Waals surface area contributed by atoms with E-state index in [-0.39, 0.29) is 10.9 Å². The Balaban J connectivity index is 1.95. The van der Waals surface area contributed by atoms with Crippen LogP contribution < -0.4 is 16.4 Å². The number of sulfonamides is 1. The summed E-state index contributed by atoms with van der Waals surface area (Å²) in [5, 5.41) is 6.00. The molecule has 0 fully saturated rings. The first-order chi connectivity index (χ1) is 12.5. The highest BCUT2D eigenvalue weighted by atomic mass is 32.2. The van der Waals surface area contributed by atoms with Gasteiger partial charge in [0.15, 0.2) is 0 Å². The van der Waals surface area contributed by atoms with E-state index < -0.39 is 10.0 Å². The van der Waals surface area contributed by atoms with Crippen molar-refractivity contribution < 1.29 is 8.42 Å². The molecule has 0 aliphatic heterocycles. The molecule has 0 unspecified atom stereocenters. The lowest BCUT2D eigenvalue weighted by Crippen LogP contribution is -2.23. The van der Waals surface area contributed by atoms with Gasteiger partial charge >= 0.3 is 0 Å².